The topological polar surface area (TPSA) is 169 Å². The molecule has 1 fully saturated rings. The van der Waals surface area contributed by atoms with E-state index in [9.17, 15) is 34.5 Å². The van der Waals surface area contributed by atoms with Crippen LogP contribution in [0.1, 0.15) is 55.4 Å². The van der Waals surface area contributed by atoms with Crippen molar-refractivity contribution in [3.63, 3.8) is 0 Å². The van der Waals surface area contributed by atoms with E-state index in [0.29, 0.717) is 25.1 Å². The van der Waals surface area contributed by atoms with Gasteiger partial charge in [-0.1, -0.05) is 36.4 Å². The van der Waals surface area contributed by atoms with Crippen LogP contribution in [0.5, 0.6) is 11.5 Å². The van der Waals surface area contributed by atoms with Crippen molar-refractivity contribution in [1.82, 2.24) is 4.90 Å². The fraction of sp³-hybridized carbons (Fsp3) is 0.438. The lowest BCUT2D eigenvalue weighted by molar-refractivity contribution is -0.176. The lowest BCUT2D eigenvalue weighted by Gasteiger charge is -2.61. The van der Waals surface area contributed by atoms with Gasteiger partial charge in [0.25, 0.3) is 0 Å². The molecule has 2 aliphatic heterocycles. The van der Waals surface area contributed by atoms with Gasteiger partial charge in [0.05, 0.1) is 23.9 Å². The molecule has 0 unspecified atom stereocenters. The summed E-state index contributed by atoms with van der Waals surface area (Å²) in [6.07, 6.45) is -1.67. The average molecular weight is 608 g/mol. The quantitative estimate of drug-likeness (QED) is 0.281. The second-order valence-corrected chi connectivity index (χ2v) is 11.8. The average Bonchev–Trinajstić information content (AvgIpc) is 3.36. The highest BCUT2D eigenvalue weighted by molar-refractivity contribution is 5.84. The van der Waals surface area contributed by atoms with E-state index >= 15 is 0 Å². The fourth-order valence-corrected chi connectivity index (χ4v) is 7.23. The number of aliphatic carboxylic acids is 1. The summed E-state index contributed by atoms with van der Waals surface area (Å²) >= 11 is 0. The van der Waals surface area contributed by atoms with Gasteiger partial charge in [-0.25, -0.2) is 9.59 Å². The Morgan fingerprint density at radius 2 is 1.80 bits per heavy atom. The van der Waals surface area contributed by atoms with E-state index in [-0.39, 0.29) is 36.0 Å². The highest BCUT2D eigenvalue weighted by Gasteiger charge is 2.72. The number of carbonyl (C=O) groups excluding carboxylic acids is 3. The number of carbonyl (C=O) groups is 4. The first-order valence-corrected chi connectivity index (χ1v) is 14.5. The van der Waals surface area contributed by atoms with Crippen LogP contribution in [0, 0.1) is 0 Å². The van der Waals surface area contributed by atoms with E-state index in [0.717, 1.165) is 11.1 Å². The number of benzene rings is 2. The van der Waals surface area contributed by atoms with E-state index in [2.05, 4.69) is 4.90 Å². The van der Waals surface area contributed by atoms with E-state index in [1.165, 1.54) is 19.1 Å². The van der Waals surface area contributed by atoms with Crippen LogP contribution in [0.15, 0.2) is 54.3 Å². The molecular formula is C32H33NO11. The molecule has 232 valence electrons. The van der Waals surface area contributed by atoms with Gasteiger partial charge in [-0.05, 0) is 51.1 Å². The number of likely N-dealkylation sites (tertiary alicyclic amines) is 1. The van der Waals surface area contributed by atoms with Crippen molar-refractivity contribution >= 4 is 23.9 Å². The summed E-state index contributed by atoms with van der Waals surface area (Å²) in [5, 5.41) is 32.3. The van der Waals surface area contributed by atoms with Gasteiger partial charge >= 0.3 is 23.9 Å². The third kappa shape index (κ3) is 4.60. The summed E-state index contributed by atoms with van der Waals surface area (Å²) < 4.78 is 22.1. The predicted octanol–water partition coefficient (Wildman–Crippen LogP) is 2.29. The summed E-state index contributed by atoms with van der Waals surface area (Å²) in [7, 11) is 1.97. The number of aromatic hydroxyl groups is 1. The molecule has 2 aromatic carbocycles. The van der Waals surface area contributed by atoms with E-state index in [1.807, 2.05) is 13.1 Å². The van der Waals surface area contributed by atoms with Gasteiger partial charge in [-0.2, -0.15) is 0 Å². The number of carboxylic acids is 1. The number of likely N-dealkylation sites (N-methyl/N-ethyl adjacent to an activating group) is 1. The smallest absolute Gasteiger partial charge is 0.349 e. The first-order chi connectivity index (χ1) is 21.0. The minimum absolute atomic E-state index is 0.0493. The number of nitrogens with zero attached hydrogens (tertiary/aromatic N) is 1. The van der Waals surface area contributed by atoms with Crippen LogP contribution in [0.25, 0.3) is 0 Å². The van der Waals surface area contributed by atoms with Gasteiger partial charge in [0, 0.05) is 23.6 Å². The molecule has 44 heavy (non-hydrogen) atoms. The molecule has 0 radical (unpaired) electrons. The minimum atomic E-state index is -1.58. The van der Waals surface area contributed by atoms with Crippen molar-refractivity contribution in [2.45, 2.75) is 74.4 Å². The van der Waals surface area contributed by atoms with Crippen molar-refractivity contribution in [1.29, 1.82) is 0 Å². The monoisotopic (exact) mass is 607 g/mol. The lowest BCUT2D eigenvalue weighted by Crippen LogP contribution is -2.74. The molecule has 6 rings (SSSR count). The zero-order chi connectivity index (χ0) is 31.4. The van der Waals surface area contributed by atoms with E-state index in [1.54, 1.807) is 30.3 Å². The Hall–Kier alpha value is -4.42. The maximum absolute atomic E-state index is 12.9. The Bertz CT molecular complexity index is 1550. The number of esters is 3. The molecule has 0 amide bonds. The summed E-state index contributed by atoms with van der Waals surface area (Å²) in [6, 6.07) is 11.1. The van der Waals surface area contributed by atoms with Crippen molar-refractivity contribution in [3.8, 4) is 11.5 Å². The molecule has 2 heterocycles. The molecule has 2 bridgehead atoms. The van der Waals surface area contributed by atoms with Crippen LogP contribution in [-0.2, 0) is 45.2 Å². The van der Waals surface area contributed by atoms with Crippen molar-refractivity contribution in [2.24, 2.45) is 0 Å². The molecule has 2 aromatic rings. The number of hydrogen-bond donors (Lipinski definition) is 3. The highest BCUT2D eigenvalue weighted by atomic mass is 16.6. The van der Waals surface area contributed by atoms with Crippen LogP contribution < -0.4 is 4.74 Å². The van der Waals surface area contributed by atoms with Crippen molar-refractivity contribution in [2.75, 3.05) is 13.6 Å². The molecule has 12 heteroatoms. The van der Waals surface area contributed by atoms with Gasteiger partial charge in [-0.15, -0.1) is 0 Å². The Morgan fingerprint density at radius 1 is 1.07 bits per heavy atom. The Kier molecular flexibility index (Phi) is 7.37. The molecule has 0 saturated carbocycles. The largest absolute Gasteiger partial charge is 0.504 e. The maximum atomic E-state index is 12.9. The molecule has 6 atom stereocenters. The van der Waals surface area contributed by atoms with Crippen molar-refractivity contribution < 1.29 is 53.4 Å². The number of phenolic OH excluding ortho intramolecular Hbond substituents is 1. The summed E-state index contributed by atoms with van der Waals surface area (Å²) in [5.41, 5.74) is -0.144. The summed E-state index contributed by atoms with van der Waals surface area (Å²) in [5.74, 6) is -3.62. The second-order valence-electron chi connectivity index (χ2n) is 11.8. The molecule has 3 N–H and O–H groups in total. The van der Waals surface area contributed by atoms with Gasteiger partial charge < -0.3 is 39.2 Å². The molecule has 12 nitrogen and oxygen atoms in total. The van der Waals surface area contributed by atoms with Gasteiger partial charge in [0.2, 0.25) is 6.10 Å². The van der Waals surface area contributed by atoms with Gasteiger partial charge in [0.1, 0.15) is 5.76 Å². The Labute approximate surface area is 252 Å². The number of rotatable bonds is 9. The third-order valence-corrected chi connectivity index (χ3v) is 9.32. The van der Waals surface area contributed by atoms with Crippen LogP contribution in [-0.4, -0.2) is 81.5 Å². The van der Waals surface area contributed by atoms with Gasteiger partial charge in [-0.3, -0.25) is 9.59 Å². The number of aliphatic hydroxyl groups is 1. The van der Waals surface area contributed by atoms with Crippen LogP contribution in [0.3, 0.4) is 0 Å². The number of carboxylic acid groups (broad SMARTS) is 1. The Balaban J connectivity index is 1.09. The third-order valence-electron chi connectivity index (χ3n) is 9.32. The van der Waals surface area contributed by atoms with E-state index in [4.69, 9.17) is 18.9 Å². The lowest BCUT2D eigenvalue weighted by atomic mass is 9.50. The Morgan fingerprint density at radius 3 is 2.52 bits per heavy atom. The van der Waals surface area contributed by atoms with Gasteiger partial charge in [0.15, 0.2) is 23.7 Å². The molecule has 4 aliphatic rings. The standard InChI is InChI=1S/C32H33NO11/c1-17(30(39)44-26(29(37)38)18-6-4-3-5-7-18)41-23(35)10-11-24(36)42-21-12-13-32(40)22-16-19-8-9-20(34)27-25(19)31(32,28(21)43-27)14-15-33(22)2/h3-9,12,17,22,26,28,34,40H,10-11,13-16H2,1-2H3,(H,37,38)/t17-,22+,26-,28-,31-,32+/m0/s1. The normalized spacial score (nSPS) is 27.6. The molecule has 1 saturated heterocycles. The first-order valence-electron chi connectivity index (χ1n) is 14.5. The van der Waals surface area contributed by atoms with Crippen LogP contribution in [0.2, 0.25) is 0 Å². The zero-order valence-corrected chi connectivity index (χ0v) is 24.2. The number of ether oxygens (including phenoxy) is 4. The van der Waals surface area contributed by atoms with E-state index < -0.39 is 59.6 Å². The number of phenols is 1. The molecular weight excluding hydrogens is 574 g/mol. The van der Waals surface area contributed by atoms with Crippen molar-refractivity contribution in [3.05, 3.63) is 71.0 Å². The number of hydrogen-bond acceptors (Lipinski definition) is 11. The summed E-state index contributed by atoms with van der Waals surface area (Å²) in [4.78, 5) is 51.6. The number of piperidine rings is 1. The van der Waals surface area contributed by atoms with Crippen LogP contribution >= 0.6 is 0 Å². The fourth-order valence-electron chi connectivity index (χ4n) is 7.23. The molecule has 0 aromatic heterocycles. The minimum Gasteiger partial charge on any atom is -0.504 e. The molecule has 2 aliphatic carbocycles. The predicted molar refractivity (Wildman–Crippen MR) is 150 cm³/mol. The second kappa shape index (κ2) is 10.9. The SMILES string of the molecule is C[C@H](OC(=O)CCC(=O)OC1=CC[C@@]2(O)[C@H]3Cc4ccc(O)c5c4[C@@]2(CCN3C)[C@H]1O5)C(=O)O[C@H](C(=O)O)c1ccccc1. The highest BCUT2D eigenvalue weighted by Crippen LogP contribution is 2.65. The maximum Gasteiger partial charge on any atom is 0.349 e. The first kappa shape index (κ1) is 29.6. The molecule has 1 spiro atoms. The summed E-state index contributed by atoms with van der Waals surface area (Å²) in [6.45, 7) is 1.92. The van der Waals surface area contributed by atoms with Crippen LogP contribution in [0.4, 0.5) is 0 Å². The zero-order valence-electron chi connectivity index (χ0n) is 24.2.